The van der Waals surface area contributed by atoms with E-state index in [2.05, 4.69) is 36.3 Å². The Balaban J connectivity index is 1.94. The average molecular weight is 500 g/mol. The van der Waals surface area contributed by atoms with Crippen molar-refractivity contribution in [1.82, 2.24) is 25.3 Å². The first-order chi connectivity index (χ1) is 17.0. The van der Waals surface area contributed by atoms with Crippen molar-refractivity contribution in [2.45, 2.75) is 59.0 Å². The molecule has 1 saturated heterocycles. The van der Waals surface area contributed by atoms with Crippen LogP contribution < -0.4 is 10.6 Å². The van der Waals surface area contributed by atoms with Gasteiger partial charge in [0.1, 0.15) is 0 Å². The van der Waals surface area contributed by atoms with Crippen LogP contribution in [0.25, 0.3) is 0 Å². The van der Waals surface area contributed by atoms with Gasteiger partial charge < -0.3 is 20.3 Å². The van der Waals surface area contributed by atoms with Gasteiger partial charge in [-0.2, -0.15) is 0 Å². The van der Waals surface area contributed by atoms with Gasteiger partial charge in [-0.25, -0.2) is 14.4 Å². The van der Waals surface area contributed by atoms with Crippen LogP contribution in [-0.4, -0.2) is 85.2 Å². The zero-order valence-corrected chi connectivity index (χ0v) is 22.7. The lowest BCUT2D eigenvalue weighted by molar-refractivity contribution is -0.139. The maximum atomic E-state index is 13.3. The molecule has 0 unspecified atom stereocenters. The van der Waals surface area contributed by atoms with Crippen molar-refractivity contribution in [1.29, 1.82) is 0 Å². The number of nitrogens with one attached hydrogen (secondary N) is 2. The zero-order valence-electron chi connectivity index (χ0n) is 22.7. The first kappa shape index (κ1) is 27.5. The maximum absolute atomic E-state index is 13.3. The molecule has 3 rings (SSSR count). The van der Waals surface area contributed by atoms with E-state index in [1.165, 1.54) is 10.5 Å². The highest BCUT2D eigenvalue weighted by atomic mass is 16.5. The average Bonchev–Trinajstić information content (AvgIpc) is 2.81. The highest BCUT2D eigenvalue weighted by Crippen LogP contribution is 2.33. The fraction of sp³-hybridized carbons (Fsp3) is 0.593. The number of esters is 1. The van der Waals surface area contributed by atoms with Gasteiger partial charge in [0.2, 0.25) is 0 Å². The number of amides is 4. The molecule has 1 fully saturated rings. The molecule has 0 spiro atoms. The Bertz CT molecular complexity index is 998. The molecule has 0 aliphatic carbocycles. The number of carbonyl (C=O) groups excluding carboxylic acids is 3. The van der Waals surface area contributed by atoms with Crippen molar-refractivity contribution in [3.8, 4) is 0 Å². The van der Waals surface area contributed by atoms with Gasteiger partial charge in [0, 0.05) is 51.5 Å². The van der Waals surface area contributed by atoms with E-state index in [1.807, 2.05) is 43.0 Å². The minimum Gasteiger partial charge on any atom is -0.463 e. The van der Waals surface area contributed by atoms with Gasteiger partial charge in [-0.1, -0.05) is 45.0 Å². The van der Waals surface area contributed by atoms with E-state index in [1.54, 1.807) is 14.0 Å². The molecular weight excluding hydrogens is 458 g/mol. The van der Waals surface area contributed by atoms with E-state index in [0.29, 0.717) is 44.0 Å². The second-order valence-corrected chi connectivity index (χ2v) is 10.5. The second kappa shape index (κ2) is 11.3. The summed E-state index contributed by atoms with van der Waals surface area (Å²) in [5.74, 6) is -0.432. The molecular formula is C27H41N5O4. The van der Waals surface area contributed by atoms with E-state index in [9.17, 15) is 14.4 Å². The Morgan fingerprint density at radius 2 is 1.81 bits per heavy atom. The Kier molecular flexibility index (Phi) is 8.66. The van der Waals surface area contributed by atoms with Crippen molar-refractivity contribution in [2.75, 3.05) is 46.4 Å². The summed E-state index contributed by atoms with van der Waals surface area (Å²) in [4.78, 5) is 44.1. The van der Waals surface area contributed by atoms with Crippen molar-refractivity contribution < 1.29 is 19.1 Å². The van der Waals surface area contributed by atoms with Gasteiger partial charge in [0.05, 0.1) is 18.2 Å². The lowest BCUT2D eigenvalue weighted by atomic mass is 9.85. The number of ether oxygens (including phenoxy) is 1. The predicted octanol–water partition coefficient (Wildman–Crippen LogP) is 3.23. The molecule has 4 amide bonds. The van der Waals surface area contributed by atoms with Gasteiger partial charge in [-0.15, -0.1) is 0 Å². The standard InChI is InChI=1S/C27H41N5O4/c1-8-28-25(34)32-15-14-31(16-18(32)3)17-21-22(24(33)36-9-2)23(29-26(35)30(21)7)19-10-12-20(13-11-19)27(4,5)6/h10-13,18,23H,8-9,14-17H2,1-7H3,(H,28,34)(H,29,35)/t18-,23+/m0/s1. The highest BCUT2D eigenvalue weighted by Gasteiger charge is 2.38. The van der Waals surface area contributed by atoms with Crippen LogP contribution in [0.5, 0.6) is 0 Å². The highest BCUT2D eigenvalue weighted by molar-refractivity contribution is 5.95. The van der Waals surface area contributed by atoms with E-state index >= 15 is 0 Å². The summed E-state index contributed by atoms with van der Waals surface area (Å²) in [7, 11) is 1.68. The molecule has 0 radical (unpaired) electrons. The van der Waals surface area contributed by atoms with Gasteiger partial charge in [-0.05, 0) is 37.3 Å². The van der Waals surface area contributed by atoms with Crippen LogP contribution in [0.4, 0.5) is 9.59 Å². The van der Waals surface area contributed by atoms with E-state index < -0.39 is 12.0 Å². The molecule has 1 aromatic carbocycles. The monoisotopic (exact) mass is 499 g/mol. The molecule has 0 saturated carbocycles. The fourth-order valence-electron chi connectivity index (χ4n) is 4.77. The van der Waals surface area contributed by atoms with Gasteiger partial charge in [-0.3, -0.25) is 9.80 Å². The summed E-state index contributed by atoms with van der Waals surface area (Å²) in [6, 6.07) is 7.10. The number of hydrogen-bond donors (Lipinski definition) is 2. The normalized spacial score (nSPS) is 21.4. The third-order valence-corrected chi connectivity index (χ3v) is 6.86. The Hall–Kier alpha value is -3.07. The maximum Gasteiger partial charge on any atom is 0.338 e. The summed E-state index contributed by atoms with van der Waals surface area (Å²) in [6.07, 6.45) is 0. The minimum absolute atomic E-state index is 0.000376. The summed E-state index contributed by atoms with van der Waals surface area (Å²) >= 11 is 0. The number of hydrogen-bond acceptors (Lipinski definition) is 5. The zero-order chi connectivity index (χ0) is 26.6. The van der Waals surface area contributed by atoms with E-state index in [4.69, 9.17) is 4.74 Å². The summed E-state index contributed by atoms with van der Waals surface area (Å²) in [6.45, 7) is 15.2. The molecule has 198 valence electrons. The van der Waals surface area contributed by atoms with E-state index in [0.717, 1.165) is 5.56 Å². The van der Waals surface area contributed by atoms with Crippen LogP contribution in [0.1, 0.15) is 58.7 Å². The number of piperazine rings is 1. The van der Waals surface area contributed by atoms with Crippen LogP contribution in [0, 0.1) is 0 Å². The third-order valence-electron chi connectivity index (χ3n) is 6.86. The molecule has 36 heavy (non-hydrogen) atoms. The molecule has 9 nitrogen and oxygen atoms in total. The number of rotatable bonds is 6. The Labute approximate surface area is 214 Å². The van der Waals surface area contributed by atoms with Crippen LogP contribution in [-0.2, 0) is 14.9 Å². The van der Waals surface area contributed by atoms with Crippen LogP contribution in [0.15, 0.2) is 35.5 Å². The second-order valence-electron chi connectivity index (χ2n) is 10.5. The van der Waals surface area contributed by atoms with Gasteiger partial charge in [0.15, 0.2) is 0 Å². The first-order valence-electron chi connectivity index (χ1n) is 12.8. The number of benzene rings is 1. The number of nitrogens with zero attached hydrogens (tertiary/aromatic N) is 3. The summed E-state index contributed by atoms with van der Waals surface area (Å²) in [5, 5.41) is 5.86. The van der Waals surface area contributed by atoms with Crippen LogP contribution >= 0.6 is 0 Å². The molecule has 2 aliphatic heterocycles. The molecule has 9 heteroatoms. The molecule has 1 aromatic rings. The Morgan fingerprint density at radius 3 is 2.36 bits per heavy atom. The largest absolute Gasteiger partial charge is 0.463 e. The lowest BCUT2D eigenvalue weighted by Gasteiger charge is -2.42. The smallest absolute Gasteiger partial charge is 0.338 e. The molecule has 2 aliphatic rings. The van der Waals surface area contributed by atoms with Crippen LogP contribution in [0.2, 0.25) is 0 Å². The van der Waals surface area contributed by atoms with Crippen molar-refractivity contribution in [3.05, 3.63) is 46.7 Å². The SMILES string of the molecule is CCNC(=O)N1CCN(CC2=C(C(=O)OCC)[C@@H](c3ccc(C(C)(C)C)cc3)NC(=O)N2C)C[C@@H]1C. The van der Waals surface area contributed by atoms with Crippen molar-refractivity contribution in [2.24, 2.45) is 0 Å². The van der Waals surface area contributed by atoms with Crippen LogP contribution in [0.3, 0.4) is 0 Å². The quantitative estimate of drug-likeness (QED) is 0.586. The Morgan fingerprint density at radius 1 is 1.14 bits per heavy atom. The number of carbonyl (C=O) groups is 3. The third kappa shape index (κ3) is 6.00. The van der Waals surface area contributed by atoms with Gasteiger partial charge >= 0.3 is 18.0 Å². The number of likely N-dealkylation sites (N-methyl/N-ethyl adjacent to an activating group) is 1. The summed E-state index contributed by atoms with van der Waals surface area (Å²) < 4.78 is 5.46. The molecule has 2 atom stereocenters. The lowest BCUT2D eigenvalue weighted by Crippen LogP contribution is -2.57. The summed E-state index contributed by atoms with van der Waals surface area (Å²) in [5.41, 5.74) is 3.07. The predicted molar refractivity (Wildman–Crippen MR) is 140 cm³/mol. The molecule has 2 N–H and O–H groups in total. The van der Waals surface area contributed by atoms with Gasteiger partial charge in [0.25, 0.3) is 0 Å². The number of urea groups is 2. The molecule has 0 aromatic heterocycles. The molecule has 0 bridgehead atoms. The first-order valence-corrected chi connectivity index (χ1v) is 12.8. The minimum atomic E-state index is -0.606. The van der Waals surface area contributed by atoms with Crippen molar-refractivity contribution >= 4 is 18.0 Å². The topological polar surface area (TPSA) is 94.2 Å². The van der Waals surface area contributed by atoms with E-state index in [-0.39, 0.29) is 30.1 Å². The molecule has 2 heterocycles. The van der Waals surface area contributed by atoms with Crippen molar-refractivity contribution in [3.63, 3.8) is 0 Å². The fourth-order valence-corrected chi connectivity index (χ4v) is 4.77.